The molecule has 1 rings (SSSR count). The molecule has 0 saturated carbocycles. The van der Waals surface area contributed by atoms with Crippen LogP contribution in [0.1, 0.15) is 0 Å². The molecule has 1 N–H and O–H groups in total. The largest absolute Gasteiger partial charge is 0.390 e. The molecule has 0 spiro atoms. The summed E-state index contributed by atoms with van der Waals surface area (Å²) in [5.74, 6) is 0. The van der Waals surface area contributed by atoms with Crippen molar-refractivity contribution in [3.8, 4) is 0 Å². The Bertz CT molecular complexity index is 38.8. The van der Waals surface area contributed by atoms with Gasteiger partial charge in [0, 0.05) is 6.42 Å². The zero-order chi connectivity index (χ0) is 4.41. The van der Waals surface area contributed by atoms with Crippen LogP contribution >= 0.6 is 0 Å². The molecule has 1 unspecified atom stereocenters. The number of hydrogen-bond acceptors (Lipinski definition) is 2. The highest BCUT2D eigenvalue weighted by Crippen LogP contribution is 1.99. The van der Waals surface area contributed by atoms with E-state index in [2.05, 4.69) is 0 Å². The summed E-state index contributed by atoms with van der Waals surface area (Å²) in [6.45, 7) is 1.10. The summed E-state index contributed by atoms with van der Waals surface area (Å²) in [6.07, 6.45) is 1.44. The fraction of sp³-hybridized carbons (Fsp3) is 0.750. The summed E-state index contributed by atoms with van der Waals surface area (Å²) in [5, 5.41) is 8.55. The zero-order valence-corrected chi connectivity index (χ0v) is 3.42. The van der Waals surface area contributed by atoms with Gasteiger partial charge in [-0.3, -0.25) is 0 Å². The molecule has 0 aromatic heterocycles. The van der Waals surface area contributed by atoms with Crippen molar-refractivity contribution < 1.29 is 9.84 Å². The first-order chi connectivity index (χ1) is 2.89. The molecule has 1 heterocycles. The molecule has 6 heavy (non-hydrogen) atoms. The molecule has 1 radical (unpaired) electrons. The Morgan fingerprint density at radius 2 is 2.67 bits per heavy atom. The Kier molecular flexibility index (Phi) is 1.08. The lowest BCUT2D eigenvalue weighted by Gasteiger charge is -1.88. The Morgan fingerprint density at radius 3 is 2.83 bits per heavy atom. The van der Waals surface area contributed by atoms with Gasteiger partial charge in [-0.1, -0.05) is 0 Å². The zero-order valence-electron chi connectivity index (χ0n) is 3.42. The van der Waals surface area contributed by atoms with Crippen molar-refractivity contribution in [1.82, 2.24) is 0 Å². The predicted molar refractivity (Wildman–Crippen MR) is 21.1 cm³/mol. The van der Waals surface area contributed by atoms with Gasteiger partial charge in [-0.05, 0) is 0 Å². The first-order valence-corrected chi connectivity index (χ1v) is 1.99. The SMILES string of the molecule is OC1[CH]COC1. The van der Waals surface area contributed by atoms with Crippen LogP contribution in [-0.4, -0.2) is 24.4 Å². The number of rotatable bonds is 0. The summed E-state index contributed by atoms with van der Waals surface area (Å²) in [5.41, 5.74) is 0. The molecule has 0 aliphatic carbocycles. The van der Waals surface area contributed by atoms with Crippen LogP contribution in [0.25, 0.3) is 0 Å². The van der Waals surface area contributed by atoms with Gasteiger partial charge in [-0.15, -0.1) is 0 Å². The first kappa shape index (κ1) is 4.09. The molecular weight excluding hydrogens is 80.0 g/mol. The maximum atomic E-state index is 8.55. The van der Waals surface area contributed by atoms with Crippen LogP contribution < -0.4 is 0 Å². The minimum atomic E-state index is -0.301. The van der Waals surface area contributed by atoms with Crippen LogP contribution in [0.3, 0.4) is 0 Å². The fourth-order valence-corrected chi connectivity index (χ4v) is 0.436. The van der Waals surface area contributed by atoms with Crippen LogP contribution in [0.2, 0.25) is 0 Å². The molecule has 0 bridgehead atoms. The van der Waals surface area contributed by atoms with Crippen molar-refractivity contribution >= 4 is 0 Å². The molecule has 2 nitrogen and oxygen atoms in total. The quantitative estimate of drug-likeness (QED) is 0.435. The third kappa shape index (κ3) is 0.698. The Morgan fingerprint density at radius 1 is 1.83 bits per heavy atom. The third-order valence-corrected chi connectivity index (χ3v) is 0.775. The molecule has 0 aromatic carbocycles. The topological polar surface area (TPSA) is 29.5 Å². The number of ether oxygens (including phenoxy) is 1. The van der Waals surface area contributed by atoms with Crippen LogP contribution in [0.5, 0.6) is 0 Å². The van der Waals surface area contributed by atoms with Crippen LogP contribution in [0.15, 0.2) is 0 Å². The van der Waals surface area contributed by atoms with E-state index in [1.807, 2.05) is 0 Å². The fourth-order valence-electron chi connectivity index (χ4n) is 0.436. The van der Waals surface area contributed by atoms with Gasteiger partial charge in [0.2, 0.25) is 0 Å². The van der Waals surface area contributed by atoms with Crippen molar-refractivity contribution in [3.05, 3.63) is 6.42 Å². The van der Waals surface area contributed by atoms with Gasteiger partial charge in [-0.25, -0.2) is 0 Å². The van der Waals surface area contributed by atoms with E-state index >= 15 is 0 Å². The Hall–Kier alpha value is -0.0800. The molecular formula is C4H7O2. The van der Waals surface area contributed by atoms with Gasteiger partial charge >= 0.3 is 0 Å². The summed E-state index contributed by atoms with van der Waals surface area (Å²) in [4.78, 5) is 0. The van der Waals surface area contributed by atoms with E-state index < -0.39 is 0 Å². The Labute approximate surface area is 36.7 Å². The number of aliphatic hydroxyl groups is 1. The van der Waals surface area contributed by atoms with Gasteiger partial charge < -0.3 is 9.84 Å². The van der Waals surface area contributed by atoms with E-state index in [0.29, 0.717) is 13.2 Å². The van der Waals surface area contributed by atoms with E-state index in [-0.39, 0.29) is 6.10 Å². The van der Waals surface area contributed by atoms with Crippen molar-refractivity contribution in [2.45, 2.75) is 6.10 Å². The number of hydrogen-bond donors (Lipinski definition) is 1. The molecule has 1 aliphatic heterocycles. The van der Waals surface area contributed by atoms with Gasteiger partial charge in [-0.2, -0.15) is 0 Å². The van der Waals surface area contributed by atoms with E-state index in [0.717, 1.165) is 0 Å². The average Bonchev–Trinajstić information content (AvgIpc) is 1.86. The van der Waals surface area contributed by atoms with Crippen molar-refractivity contribution in [1.29, 1.82) is 0 Å². The third-order valence-electron chi connectivity index (χ3n) is 0.775. The van der Waals surface area contributed by atoms with Gasteiger partial charge in [0.1, 0.15) is 0 Å². The van der Waals surface area contributed by atoms with Crippen molar-refractivity contribution in [2.75, 3.05) is 13.2 Å². The van der Waals surface area contributed by atoms with E-state index in [9.17, 15) is 0 Å². The van der Waals surface area contributed by atoms with Crippen LogP contribution in [0, 0.1) is 6.42 Å². The lowest BCUT2D eigenvalue weighted by atomic mass is 10.3. The van der Waals surface area contributed by atoms with Gasteiger partial charge in [0.05, 0.1) is 19.3 Å². The number of aliphatic hydroxyl groups excluding tert-OH is 1. The second kappa shape index (κ2) is 1.58. The summed E-state index contributed by atoms with van der Waals surface area (Å²) >= 11 is 0. The molecule has 0 amide bonds. The highest BCUT2D eigenvalue weighted by molar-refractivity contribution is 4.79. The van der Waals surface area contributed by atoms with Crippen LogP contribution in [-0.2, 0) is 4.74 Å². The van der Waals surface area contributed by atoms with Crippen molar-refractivity contribution in [3.63, 3.8) is 0 Å². The second-order valence-electron chi connectivity index (χ2n) is 1.34. The maximum absolute atomic E-state index is 8.55. The summed E-state index contributed by atoms with van der Waals surface area (Å²) < 4.78 is 4.75. The minimum absolute atomic E-state index is 0.301. The highest BCUT2D eigenvalue weighted by atomic mass is 16.5. The molecule has 35 valence electrons. The smallest absolute Gasteiger partial charge is 0.0828 e. The second-order valence-corrected chi connectivity index (χ2v) is 1.34. The monoisotopic (exact) mass is 87.0 g/mol. The predicted octanol–water partition coefficient (Wildman–Crippen LogP) is -0.418. The van der Waals surface area contributed by atoms with Crippen molar-refractivity contribution in [2.24, 2.45) is 0 Å². The highest BCUT2D eigenvalue weighted by Gasteiger charge is 2.10. The lowest BCUT2D eigenvalue weighted by molar-refractivity contribution is 0.130. The summed E-state index contributed by atoms with van der Waals surface area (Å²) in [7, 11) is 0. The minimum Gasteiger partial charge on any atom is -0.390 e. The maximum Gasteiger partial charge on any atom is 0.0828 e. The molecule has 2 heteroatoms. The summed E-state index contributed by atoms with van der Waals surface area (Å²) in [6, 6.07) is 0. The van der Waals surface area contributed by atoms with E-state index in [1.165, 1.54) is 0 Å². The van der Waals surface area contributed by atoms with Gasteiger partial charge in [0.25, 0.3) is 0 Å². The standard InChI is InChI=1S/C4H7O2/c5-4-1-2-6-3-4/h1,4-5H,2-3H2. The molecule has 1 saturated heterocycles. The lowest BCUT2D eigenvalue weighted by Crippen LogP contribution is -2.03. The molecule has 1 aliphatic rings. The molecule has 1 atom stereocenters. The Balaban J connectivity index is 2.18. The molecule has 0 aromatic rings. The van der Waals surface area contributed by atoms with Gasteiger partial charge in [0.15, 0.2) is 0 Å². The molecule has 1 fully saturated rings. The normalized spacial score (nSPS) is 34.5. The average molecular weight is 87.1 g/mol. The van der Waals surface area contributed by atoms with Crippen LogP contribution in [0.4, 0.5) is 0 Å². The van der Waals surface area contributed by atoms with E-state index in [1.54, 1.807) is 6.42 Å². The van der Waals surface area contributed by atoms with E-state index in [4.69, 9.17) is 9.84 Å². The first-order valence-electron chi connectivity index (χ1n) is 1.99.